The highest BCUT2D eigenvalue weighted by atomic mass is 16.3. The van der Waals surface area contributed by atoms with Crippen molar-refractivity contribution in [1.29, 1.82) is 0 Å². The predicted molar refractivity (Wildman–Crippen MR) is 372 cm³/mol. The van der Waals surface area contributed by atoms with E-state index in [4.69, 9.17) is 4.42 Å². The molecular formula is C81H79BN4O. The van der Waals surface area contributed by atoms with Crippen molar-refractivity contribution in [1.82, 2.24) is 4.57 Å². The Kier molecular flexibility index (Phi) is 12.1. The van der Waals surface area contributed by atoms with E-state index in [0.717, 1.165) is 68.2 Å². The summed E-state index contributed by atoms with van der Waals surface area (Å²) in [5.41, 5.74) is 27.3. The molecular weight excluding hydrogens is 1060 g/mol. The van der Waals surface area contributed by atoms with Gasteiger partial charge >= 0.3 is 0 Å². The van der Waals surface area contributed by atoms with Crippen LogP contribution >= 0.6 is 0 Å². The third kappa shape index (κ3) is 8.55. The molecule has 4 aliphatic rings. The second kappa shape index (κ2) is 19.1. The number of nitrogens with zero attached hydrogens (tertiary/aromatic N) is 4. The maximum Gasteiger partial charge on any atom is 0.252 e. The molecule has 4 heterocycles. The number of fused-ring (bicyclic) bond motifs is 12. The molecule has 0 radical (unpaired) electrons. The first kappa shape index (κ1) is 54.9. The molecule has 0 bridgehead atoms. The summed E-state index contributed by atoms with van der Waals surface area (Å²) in [5, 5.41) is 3.50. The Morgan fingerprint density at radius 1 is 0.494 bits per heavy atom. The van der Waals surface area contributed by atoms with Gasteiger partial charge in [0.15, 0.2) is 5.58 Å². The molecule has 1 unspecified atom stereocenters. The number of rotatable bonds is 7. The summed E-state index contributed by atoms with van der Waals surface area (Å²) < 4.78 is 9.91. The lowest BCUT2D eigenvalue weighted by Crippen LogP contribution is -2.60. The van der Waals surface area contributed by atoms with Gasteiger partial charge in [-0.1, -0.05) is 230 Å². The van der Waals surface area contributed by atoms with Crippen LogP contribution in [-0.2, 0) is 21.7 Å². The van der Waals surface area contributed by atoms with E-state index >= 15 is 0 Å². The van der Waals surface area contributed by atoms with Crippen molar-refractivity contribution in [3.63, 3.8) is 0 Å². The molecule has 5 nitrogen and oxygen atoms in total. The number of hydrogen-bond donors (Lipinski definition) is 0. The third-order valence-corrected chi connectivity index (χ3v) is 19.7. The monoisotopic (exact) mass is 1130 g/mol. The van der Waals surface area contributed by atoms with E-state index < -0.39 is 0 Å². The smallest absolute Gasteiger partial charge is 0.252 e. The molecule has 9 aromatic carbocycles. The molecule has 2 aliphatic heterocycles. The minimum Gasteiger partial charge on any atom is -0.454 e. The van der Waals surface area contributed by atoms with Crippen LogP contribution in [0, 0.1) is 5.41 Å². The number of aromatic nitrogens is 1. The molecule has 1 atom stereocenters. The van der Waals surface area contributed by atoms with E-state index in [0.29, 0.717) is 0 Å². The summed E-state index contributed by atoms with van der Waals surface area (Å²) in [6.45, 7) is 32.5. The topological polar surface area (TPSA) is 27.8 Å². The van der Waals surface area contributed by atoms with E-state index in [1.807, 2.05) is 0 Å². The van der Waals surface area contributed by atoms with Crippen molar-refractivity contribution in [2.24, 2.45) is 5.41 Å². The van der Waals surface area contributed by atoms with Crippen LogP contribution in [0.3, 0.4) is 0 Å². The predicted octanol–water partition coefficient (Wildman–Crippen LogP) is 20.3. The van der Waals surface area contributed by atoms with Gasteiger partial charge in [-0.3, -0.25) is 0 Å². The summed E-state index contributed by atoms with van der Waals surface area (Å²) in [6, 6.07) is 72.2. The summed E-state index contributed by atoms with van der Waals surface area (Å²) in [5.74, 6) is 0. The molecule has 6 heteroatoms. The molecule has 0 amide bonds. The average Bonchev–Trinajstić information content (AvgIpc) is 1.58. The summed E-state index contributed by atoms with van der Waals surface area (Å²) in [6.07, 6.45) is 8.18. The first-order chi connectivity index (χ1) is 41.4. The molecule has 87 heavy (non-hydrogen) atoms. The lowest BCUT2D eigenvalue weighted by molar-refractivity contribution is 0.510. The Morgan fingerprint density at radius 2 is 1.06 bits per heavy atom. The number of benzene rings is 9. The van der Waals surface area contributed by atoms with E-state index in [9.17, 15) is 0 Å². The molecule has 15 rings (SSSR count). The number of para-hydroxylation sites is 3. The zero-order valence-electron chi connectivity index (χ0n) is 53.2. The van der Waals surface area contributed by atoms with Crippen LogP contribution in [0.5, 0.6) is 0 Å². The summed E-state index contributed by atoms with van der Waals surface area (Å²) in [7, 11) is 0. The van der Waals surface area contributed by atoms with Gasteiger partial charge in [0.05, 0.1) is 17.4 Å². The maximum atomic E-state index is 7.21. The zero-order chi connectivity index (χ0) is 60.4. The fourth-order valence-corrected chi connectivity index (χ4v) is 15.1. The zero-order valence-corrected chi connectivity index (χ0v) is 53.2. The molecule has 2 aromatic heterocycles. The fourth-order valence-electron chi connectivity index (χ4n) is 15.1. The Labute approximate surface area is 515 Å². The minimum atomic E-state index is -0.310. The van der Waals surface area contributed by atoms with E-state index in [1.54, 1.807) is 0 Å². The van der Waals surface area contributed by atoms with Gasteiger partial charge in [0, 0.05) is 78.2 Å². The lowest BCUT2D eigenvalue weighted by Gasteiger charge is -2.43. The number of allylic oxidation sites excluding steroid dienone is 2. The van der Waals surface area contributed by atoms with Crippen molar-refractivity contribution >= 4 is 101 Å². The normalized spacial score (nSPS) is 15.8. The van der Waals surface area contributed by atoms with E-state index in [1.165, 1.54) is 83.3 Å². The second-order valence-corrected chi connectivity index (χ2v) is 29.8. The Balaban J connectivity index is 1.06. The first-order valence-corrected chi connectivity index (χ1v) is 31.6. The molecule has 11 aromatic rings. The van der Waals surface area contributed by atoms with Crippen LogP contribution in [0.15, 0.2) is 216 Å². The highest BCUT2D eigenvalue weighted by Crippen LogP contribution is 2.56. The molecule has 0 saturated heterocycles. The van der Waals surface area contributed by atoms with Crippen LogP contribution in [-0.4, -0.2) is 17.3 Å². The van der Waals surface area contributed by atoms with Gasteiger partial charge in [0.2, 0.25) is 0 Å². The molecule has 432 valence electrons. The molecule has 2 aliphatic carbocycles. The van der Waals surface area contributed by atoms with Crippen LogP contribution in [0.2, 0.25) is 0 Å². The number of anilines is 8. The molecule has 0 saturated carbocycles. The molecule has 0 N–H and O–H groups in total. The minimum absolute atomic E-state index is 0.0108. The number of furan rings is 1. The molecule has 0 spiro atoms. The van der Waals surface area contributed by atoms with Crippen LogP contribution < -0.4 is 31.1 Å². The van der Waals surface area contributed by atoms with Crippen molar-refractivity contribution in [3.05, 3.63) is 240 Å². The van der Waals surface area contributed by atoms with Crippen LogP contribution in [0.1, 0.15) is 131 Å². The first-order valence-electron chi connectivity index (χ1n) is 31.6. The SMILES string of the molecule is CC(C)(C)C1=CCC(N(c2ccc(C(C)(C)C)cc2)c2ccc3c(c2)N(c2cccc4c2oc2ccccc24)c2cc(N(c4ccc(C(C)(C)C)cc4)c4ccc(C(C)(C)C)cc4)cc4c2B3c2cccc3c5c(n-4c23)C(C)(C)c2ccccc2-5)C=C1. The van der Waals surface area contributed by atoms with Crippen molar-refractivity contribution in [2.75, 3.05) is 14.7 Å². The molecule has 0 fully saturated rings. The van der Waals surface area contributed by atoms with Crippen LogP contribution in [0.25, 0.3) is 49.7 Å². The van der Waals surface area contributed by atoms with E-state index in [2.05, 4.69) is 322 Å². The highest BCUT2D eigenvalue weighted by molar-refractivity contribution is 7.00. The van der Waals surface area contributed by atoms with Gasteiger partial charge in [-0.25, -0.2) is 0 Å². The largest absolute Gasteiger partial charge is 0.454 e. The Bertz CT molecular complexity index is 4620. The van der Waals surface area contributed by atoms with Crippen molar-refractivity contribution < 1.29 is 4.42 Å². The van der Waals surface area contributed by atoms with Gasteiger partial charge in [-0.2, -0.15) is 0 Å². The van der Waals surface area contributed by atoms with Crippen molar-refractivity contribution in [2.45, 2.75) is 131 Å². The highest BCUT2D eigenvalue weighted by Gasteiger charge is 2.48. The van der Waals surface area contributed by atoms with Crippen LogP contribution in [0.4, 0.5) is 45.5 Å². The van der Waals surface area contributed by atoms with Gasteiger partial charge in [0.25, 0.3) is 6.71 Å². The Hall–Kier alpha value is -8.74. The lowest BCUT2D eigenvalue weighted by atomic mass is 9.33. The third-order valence-electron chi connectivity index (χ3n) is 19.7. The second-order valence-electron chi connectivity index (χ2n) is 29.8. The van der Waals surface area contributed by atoms with E-state index in [-0.39, 0.29) is 39.8 Å². The average molecular weight is 1140 g/mol. The van der Waals surface area contributed by atoms with Gasteiger partial charge < -0.3 is 23.7 Å². The number of hydrogen-bond acceptors (Lipinski definition) is 4. The Morgan fingerprint density at radius 3 is 1.69 bits per heavy atom. The standard InChI is InChI=1S/C81H79BN4O/c1-77(2,3)50-29-37-54(38-30-50)83(55-39-31-51(32-40-55)78(4,5)6)58-45-46-65-68(47-58)85(67-27-20-23-61-60-21-16-18-28-71(60)87-75(61)67)69-48-59(84(56-41-33-52(34-42-56)79(7,8)9)57-43-35-53(36-44-57)80(10,11)12)49-70-73(69)82(65)66-26-19-24-63-72-62-22-15-17-25-64(62)81(13,14)76(72)86(70)74(63)66/h15-39,41-49,55H,40H2,1-14H3. The van der Waals surface area contributed by atoms with Gasteiger partial charge in [0.1, 0.15) is 5.58 Å². The summed E-state index contributed by atoms with van der Waals surface area (Å²) >= 11 is 0. The van der Waals surface area contributed by atoms with Crippen molar-refractivity contribution in [3.8, 4) is 16.8 Å². The van der Waals surface area contributed by atoms with Gasteiger partial charge in [-0.15, -0.1) is 0 Å². The maximum absolute atomic E-state index is 7.21. The fraction of sp³-hybridized carbons (Fsp3) is 0.259. The summed E-state index contributed by atoms with van der Waals surface area (Å²) in [4.78, 5) is 7.70. The van der Waals surface area contributed by atoms with Gasteiger partial charge in [-0.05, 0) is 151 Å². The quantitative estimate of drug-likeness (QED) is 0.149.